The molecule has 0 spiro atoms. The second-order valence-electron chi connectivity index (χ2n) is 8.40. The first-order valence-electron chi connectivity index (χ1n) is 11.3. The quantitative estimate of drug-likeness (QED) is 0.428. The molecule has 184 valence electrons. The molecule has 2 aliphatic rings. The van der Waals surface area contributed by atoms with Crippen LogP contribution in [0.4, 0.5) is 11.4 Å². The van der Waals surface area contributed by atoms with Gasteiger partial charge in [-0.1, -0.05) is 24.3 Å². The van der Waals surface area contributed by atoms with Gasteiger partial charge < -0.3 is 9.80 Å². The fraction of sp³-hybridized carbons (Fsp3) is 0.391. The molecule has 0 atom stereocenters. The summed E-state index contributed by atoms with van der Waals surface area (Å²) in [6.07, 6.45) is 0. The van der Waals surface area contributed by atoms with Crippen LogP contribution in [0.5, 0.6) is 0 Å². The summed E-state index contributed by atoms with van der Waals surface area (Å²) in [6.45, 7) is 3.44. The zero-order chi connectivity index (χ0) is 25.0. The maximum Gasteiger partial charge on any atom is 0.292 e. The smallest absolute Gasteiger partial charge is 0.292 e. The van der Waals surface area contributed by atoms with Gasteiger partial charge >= 0.3 is 0 Å². The number of carbonyl (C=O) groups excluding carboxylic acids is 1. The lowest BCUT2D eigenvalue weighted by Crippen LogP contribution is -2.54. The molecule has 2 aromatic rings. The van der Waals surface area contributed by atoms with Gasteiger partial charge in [-0.25, -0.2) is 8.42 Å². The van der Waals surface area contributed by atoms with Crippen molar-refractivity contribution in [3.05, 3.63) is 64.2 Å². The Balaban J connectivity index is 1.30. The van der Waals surface area contributed by atoms with Crippen molar-refractivity contribution in [2.75, 3.05) is 63.8 Å². The number of anilines is 1. The average molecular weight is 499 g/mol. The Morgan fingerprint density at radius 1 is 0.943 bits per heavy atom. The van der Waals surface area contributed by atoms with Crippen LogP contribution in [-0.4, -0.2) is 92.3 Å². The Labute approximate surface area is 203 Å². The minimum Gasteiger partial charge on any atom is -0.363 e. The number of sulfonamides is 1. The Morgan fingerprint density at radius 2 is 1.57 bits per heavy atom. The molecule has 0 saturated carbocycles. The third-order valence-electron chi connectivity index (χ3n) is 6.37. The maximum atomic E-state index is 13.0. The molecule has 4 rings (SSSR count). The molecule has 12 heteroatoms. The molecule has 2 heterocycles. The van der Waals surface area contributed by atoms with Crippen LogP contribution in [-0.2, 0) is 14.8 Å². The lowest BCUT2D eigenvalue weighted by atomic mass is 10.2. The van der Waals surface area contributed by atoms with E-state index in [1.807, 2.05) is 15.9 Å². The Hall–Kier alpha value is -3.53. The summed E-state index contributed by atoms with van der Waals surface area (Å²) in [5.41, 5.74) is 0.756. The molecule has 35 heavy (non-hydrogen) atoms. The fourth-order valence-electron chi connectivity index (χ4n) is 4.43. The van der Waals surface area contributed by atoms with Crippen LogP contribution >= 0.6 is 0 Å². The zero-order valence-electron chi connectivity index (χ0n) is 19.1. The fourth-order valence-corrected chi connectivity index (χ4v) is 5.99. The van der Waals surface area contributed by atoms with E-state index in [2.05, 4.69) is 0 Å². The average Bonchev–Trinajstić information content (AvgIpc) is 2.89. The van der Waals surface area contributed by atoms with Crippen LogP contribution in [0.1, 0.15) is 5.56 Å². The van der Waals surface area contributed by atoms with E-state index in [0.717, 1.165) is 0 Å². The molecule has 0 unspecified atom stereocenters. The van der Waals surface area contributed by atoms with E-state index >= 15 is 0 Å². The Kier molecular flexibility index (Phi) is 7.30. The van der Waals surface area contributed by atoms with Crippen LogP contribution in [0.3, 0.4) is 0 Å². The number of benzene rings is 2. The van der Waals surface area contributed by atoms with Crippen molar-refractivity contribution in [1.82, 2.24) is 14.1 Å². The van der Waals surface area contributed by atoms with Gasteiger partial charge in [-0.05, 0) is 18.2 Å². The first-order chi connectivity index (χ1) is 16.8. The molecule has 0 N–H and O–H groups in total. The minimum absolute atomic E-state index is 0.0150. The van der Waals surface area contributed by atoms with Crippen LogP contribution in [0.2, 0.25) is 0 Å². The molecule has 1 amide bonds. The topological polar surface area (TPSA) is 131 Å². The van der Waals surface area contributed by atoms with Crippen LogP contribution in [0, 0.1) is 21.4 Å². The van der Waals surface area contributed by atoms with E-state index in [1.54, 1.807) is 35.2 Å². The summed E-state index contributed by atoms with van der Waals surface area (Å²) in [7, 11) is -3.81. The number of hydrogen-bond acceptors (Lipinski definition) is 8. The highest BCUT2D eigenvalue weighted by Crippen LogP contribution is 2.28. The van der Waals surface area contributed by atoms with E-state index in [-0.39, 0.29) is 59.7 Å². The van der Waals surface area contributed by atoms with Crippen molar-refractivity contribution in [1.29, 1.82) is 5.26 Å². The first kappa shape index (κ1) is 24.6. The van der Waals surface area contributed by atoms with E-state index in [1.165, 1.54) is 22.5 Å². The normalized spacial score (nSPS) is 17.7. The molecular weight excluding hydrogens is 472 g/mol. The second-order valence-corrected chi connectivity index (χ2v) is 10.3. The van der Waals surface area contributed by atoms with Crippen molar-refractivity contribution < 1.29 is 18.1 Å². The molecular formula is C23H26N6O5S. The molecule has 2 aromatic carbocycles. The minimum atomic E-state index is -3.81. The lowest BCUT2D eigenvalue weighted by Gasteiger charge is -2.38. The van der Waals surface area contributed by atoms with Gasteiger partial charge in [0.2, 0.25) is 15.9 Å². The van der Waals surface area contributed by atoms with Crippen molar-refractivity contribution in [3.63, 3.8) is 0 Å². The molecule has 0 radical (unpaired) electrons. The van der Waals surface area contributed by atoms with Crippen molar-refractivity contribution >= 4 is 27.3 Å². The monoisotopic (exact) mass is 498 g/mol. The van der Waals surface area contributed by atoms with Gasteiger partial charge in [0.15, 0.2) is 0 Å². The summed E-state index contributed by atoms with van der Waals surface area (Å²) < 4.78 is 27.3. The van der Waals surface area contributed by atoms with Crippen LogP contribution in [0.15, 0.2) is 53.4 Å². The van der Waals surface area contributed by atoms with E-state index < -0.39 is 10.0 Å². The molecule has 11 nitrogen and oxygen atoms in total. The van der Waals surface area contributed by atoms with Crippen molar-refractivity contribution in [3.8, 4) is 6.07 Å². The Bertz CT molecular complexity index is 1250. The number of para-hydroxylation sites is 2. The number of nitro benzene ring substituents is 1. The van der Waals surface area contributed by atoms with Gasteiger partial charge in [0, 0.05) is 58.4 Å². The van der Waals surface area contributed by atoms with E-state index in [4.69, 9.17) is 0 Å². The highest BCUT2D eigenvalue weighted by atomic mass is 32.2. The number of hydrogen-bond donors (Lipinski definition) is 0. The van der Waals surface area contributed by atoms with Gasteiger partial charge in [0.25, 0.3) is 5.69 Å². The summed E-state index contributed by atoms with van der Waals surface area (Å²) in [5.74, 6) is -0.0707. The summed E-state index contributed by atoms with van der Waals surface area (Å²) in [6, 6.07) is 14.7. The zero-order valence-corrected chi connectivity index (χ0v) is 19.9. The first-order valence-corrected chi connectivity index (χ1v) is 12.7. The number of carbonyl (C=O) groups is 1. The van der Waals surface area contributed by atoms with Gasteiger partial charge in [-0.15, -0.1) is 0 Å². The van der Waals surface area contributed by atoms with Crippen molar-refractivity contribution in [2.24, 2.45) is 0 Å². The highest BCUT2D eigenvalue weighted by Gasteiger charge is 2.32. The SMILES string of the molecule is N#Cc1ccccc1S(=O)(=O)N1CCN(C(=O)CN2CCN(c3ccccc3[N+](=O)[O-])CC2)CC1. The second kappa shape index (κ2) is 10.4. The Morgan fingerprint density at radius 3 is 2.23 bits per heavy atom. The molecule has 2 aliphatic heterocycles. The van der Waals surface area contributed by atoms with Gasteiger partial charge in [0.1, 0.15) is 11.8 Å². The van der Waals surface area contributed by atoms with Gasteiger partial charge in [-0.2, -0.15) is 9.57 Å². The summed E-state index contributed by atoms with van der Waals surface area (Å²) >= 11 is 0. The predicted molar refractivity (Wildman–Crippen MR) is 128 cm³/mol. The molecule has 0 aromatic heterocycles. The number of nitrogens with zero attached hydrogens (tertiary/aromatic N) is 6. The molecule has 2 fully saturated rings. The third-order valence-corrected chi connectivity index (χ3v) is 8.32. The standard InChI is InChI=1S/C23H26N6O5S/c24-17-19-5-1-4-8-22(19)35(33,34)28-15-13-27(14-16-28)23(30)18-25-9-11-26(12-10-25)20-6-2-3-7-21(20)29(31)32/h1-8H,9-16,18H2. The van der Waals surface area contributed by atoms with Crippen LogP contribution in [0.25, 0.3) is 0 Å². The maximum absolute atomic E-state index is 13.0. The summed E-state index contributed by atoms with van der Waals surface area (Å²) in [5, 5.41) is 20.6. The van der Waals surface area contributed by atoms with E-state index in [0.29, 0.717) is 31.9 Å². The summed E-state index contributed by atoms with van der Waals surface area (Å²) in [4.78, 5) is 29.4. The molecule has 0 aliphatic carbocycles. The number of rotatable bonds is 6. The lowest BCUT2D eigenvalue weighted by molar-refractivity contribution is -0.384. The van der Waals surface area contributed by atoms with E-state index in [9.17, 15) is 28.6 Å². The molecule has 2 saturated heterocycles. The predicted octanol–water partition coefficient (Wildman–Crippen LogP) is 1.12. The van der Waals surface area contributed by atoms with Gasteiger partial charge in [-0.3, -0.25) is 19.8 Å². The van der Waals surface area contributed by atoms with Crippen molar-refractivity contribution in [2.45, 2.75) is 4.90 Å². The number of piperazine rings is 2. The molecule has 0 bridgehead atoms. The number of nitro groups is 1. The highest BCUT2D eigenvalue weighted by molar-refractivity contribution is 7.89. The van der Waals surface area contributed by atoms with Crippen LogP contribution < -0.4 is 4.90 Å². The largest absolute Gasteiger partial charge is 0.363 e. The number of amides is 1. The number of nitriles is 1. The van der Waals surface area contributed by atoms with Gasteiger partial charge in [0.05, 0.1) is 21.9 Å². The third kappa shape index (κ3) is 5.27.